The van der Waals surface area contributed by atoms with Gasteiger partial charge in [0.05, 0.1) is 6.04 Å². The molecule has 2 aromatic carbocycles. The first-order chi connectivity index (χ1) is 17.9. The van der Waals surface area contributed by atoms with Crippen LogP contribution in [0, 0.1) is 5.92 Å². The van der Waals surface area contributed by atoms with Gasteiger partial charge in [0.25, 0.3) is 0 Å². The van der Waals surface area contributed by atoms with Gasteiger partial charge in [-0.15, -0.1) is 22.7 Å². The molecule has 4 aromatic rings. The number of nitrogens with zero attached hydrogens (tertiary/aromatic N) is 2. The molecule has 0 bridgehead atoms. The summed E-state index contributed by atoms with van der Waals surface area (Å²) in [5.74, 6) is -0.226. The fourth-order valence-corrected chi connectivity index (χ4v) is 6.75. The van der Waals surface area contributed by atoms with Crippen molar-refractivity contribution in [1.29, 1.82) is 0 Å². The number of carbonyl (C=O) groups excluding carboxylic acids is 2. The summed E-state index contributed by atoms with van der Waals surface area (Å²) in [6, 6.07) is 16.0. The second-order valence-electron chi connectivity index (χ2n) is 9.01. The van der Waals surface area contributed by atoms with E-state index in [-0.39, 0.29) is 36.9 Å². The first-order valence-corrected chi connectivity index (χ1v) is 14.4. The van der Waals surface area contributed by atoms with Gasteiger partial charge < -0.3 is 15.4 Å². The Bertz CT molecular complexity index is 1390. The number of aromatic nitrogens is 2. The number of amides is 2. The molecule has 7 nitrogen and oxygen atoms in total. The summed E-state index contributed by atoms with van der Waals surface area (Å²) in [6.07, 6.45) is -0.621. The van der Waals surface area contributed by atoms with Crippen molar-refractivity contribution in [3.8, 4) is 21.8 Å². The lowest BCUT2D eigenvalue weighted by atomic mass is 9.98. The van der Waals surface area contributed by atoms with Gasteiger partial charge in [-0.2, -0.15) is 0 Å². The quantitative estimate of drug-likeness (QED) is 0.246. The highest BCUT2D eigenvalue weighted by Crippen LogP contribution is 2.44. The van der Waals surface area contributed by atoms with Crippen LogP contribution in [0.15, 0.2) is 63.9 Å². The van der Waals surface area contributed by atoms with Crippen LogP contribution in [0.3, 0.4) is 0 Å². The van der Waals surface area contributed by atoms with Crippen molar-refractivity contribution < 1.29 is 14.3 Å². The van der Waals surface area contributed by atoms with Gasteiger partial charge >= 0.3 is 6.09 Å². The zero-order chi connectivity index (χ0) is 25.9. The second-order valence-corrected chi connectivity index (χ2v) is 11.6. The van der Waals surface area contributed by atoms with Crippen molar-refractivity contribution in [2.75, 3.05) is 13.2 Å². The molecule has 2 heterocycles. The Balaban J connectivity index is 1.16. The van der Waals surface area contributed by atoms with Crippen LogP contribution in [-0.4, -0.2) is 35.1 Å². The summed E-state index contributed by atoms with van der Waals surface area (Å²) in [7, 11) is 0. The fourth-order valence-electron chi connectivity index (χ4n) is 4.44. The molecule has 0 saturated heterocycles. The molecule has 2 aromatic heterocycles. The zero-order valence-electron chi connectivity index (χ0n) is 20.2. The third-order valence-corrected chi connectivity index (χ3v) is 8.71. The first kappa shape index (κ1) is 25.6. The molecular formula is C27H25BrN4O3S2. The molecule has 1 atom stereocenters. The molecule has 190 valence electrons. The SMILES string of the molecule is CC(C)[C@H](NC(=O)CNC(=O)OCC1c2ccccc2-c2ccccc21)c1nc(-c2nc(Br)cs2)cs1. The molecule has 0 unspecified atom stereocenters. The average Bonchev–Trinajstić information content (AvgIpc) is 3.62. The van der Waals surface area contributed by atoms with Crippen LogP contribution in [0.2, 0.25) is 0 Å². The maximum atomic E-state index is 12.7. The smallest absolute Gasteiger partial charge is 0.407 e. The standard InChI is InChI=1S/C27H25BrN4O3S2/c1-15(2)24(26-30-21(13-36-26)25-31-22(28)14-37-25)32-23(33)11-29-27(34)35-12-20-18-9-5-3-7-16(18)17-8-4-6-10-19(17)20/h3-10,13-15,20,24H,11-12H2,1-2H3,(H,29,34)(H,32,33)/t24-/m0/s1. The predicted octanol–water partition coefficient (Wildman–Crippen LogP) is 6.38. The number of alkyl carbamates (subject to hydrolysis) is 1. The molecule has 0 fully saturated rings. The van der Waals surface area contributed by atoms with Crippen LogP contribution in [0.1, 0.15) is 41.9 Å². The second kappa shape index (κ2) is 11.1. The van der Waals surface area contributed by atoms with Crippen LogP contribution in [0.25, 0.3) is 21.8 Å². The Morgan fingerprint density at radius 2 is 1.68 bits per heavy atom. The van der Waals surface area contributed by atoms with Crippen molar-refractivity contribution in [1.82, 2.24) is 20.6 Å². The molecular weight excluding hydrogens is 572 g/mol. The van der Waals surface area contributed by atoms with Crippen LogP contribution >= 0.6 is 38.6 Å². The summed E-state index contributed by atoms with van der Waals surface area (Å²) in [4.78, 5) is 34.2. The van der Waals surface area contributed by atoms with Gasteiger partial charge in [0.15, 0.2) is 0 Å². The molecule has 5 rings (SSSR count). The summed E-state index contributed by atoms with van der Waals surface area (Å²) >= 11 is 6.35. The zero-order valence-corrected chi connectivity index (χ0v) is 23.5. The number of halogens is 1. The van der Waals surface area contributed by atoms with Crippen molar-refractivity contribution in [3.05, 3.63) is 80.0 Å². The predicted molar refractivity (Wildman–Crippen MR) is 150 cm³/mol. The van der Waals surface area contributed by atoms with Gasteiger partial charge in [0.1, 0.15) is 33.5 Å². The van der Waals surface area contributed by atoms with Gasteiger partial charge in [0.2, 0.25) is 5.91 Å². The Morgan fingerprint density at radius 1 is 1.00 bits per heavy atom. The Kier molecular flexibility index (Phi) is 7.68. The van der Waals surface area contributed by atoms with E-state index in [2.05, 4.69) is 55.8 Å². The van der Waals surface area contributed by atoms with Crippen LogP contribution in [0.5, 0.6) is 0 Å². The van der Waals surface area contributed by atoms with Gasteiger partial charge in [-0.25, -0.2) is 14.8 Å². The molecule has 1 aliphatic rings. The molecule has 37 heavy (non-hydrogen) atoms. The molecule has 0 radical (unpaired) electrons. The van der Waals surface area contributed by atoms with Crippen molar-refractivity contribution in [2.24, 2.45) is 5.92 Å². The fraction of sp³-hybridized carbons (Fsp3) is 0.259. The topological polar surface area (TPSA) is 93.2 Å². The average molecular weight is 598 g/mol. The normalized spacial score (nSPS) is 13.2. The Labute approximate surface area is 231 Å². The van der Waals surface area contributed by atoms with Crippen molar-refractivity contribution >= 4 is 50.6 Å². The number of benzene rings is 2. The number of carbonyl (C=O) groups is 2. The number of nitrogens with one attached hydrogen (secondary N) is 2. The summed E-state index contributed by atoms with van der Waals surface area (Å²) in [5, 5.41) is 11.0. The van der Waals surface area contributed by atoms with E-state index < -0.39 is 6.09 Å². The van der Waals surface area contributed by atoms with Gasteiger partial charge in [-0.1, -0.05) is 62.4 Å². The molecule has 0 saturated carbocycles. The van der Waals surface area contributed by atoms with E-state index in [1.165, 1.54) is 33.8 Å². The highest BCUT2D eigenvalue weighted by Gasteiger charge is 2.29. The lowest BCUT2D eigenvalue weighted by Crippen LogP contribution is -2.40. The third-order valence-electron chi connectivity index (χ3n) is 6.20. The molecule has 0 aliphatic heterocycles. The van der Waals surface area contributed by atoms with Gasteiger partial charge in [0, 0.05) is 16.7 Å². The highest BCUT2D eigenvalue weighted by atomic mass is 79.9. The molecule has 2 amide bonds. The van der Waals surface area contributed by atoms with Crippen LogP contribution < -0.4 is 10.6 Å². The van der Waals surface area contributed by atoms with E-state index in [0.29, 0.717) is 0 Å². The first-order valence-electron chi connectivity index (χ1n) is 11.9. The lowest BCUT2D eigenvalue weighted by molar-refractivity contribution is -0.121. The summed E-state index contributed by atoms with van der Waals surface area (Å²) in [6.45, 7) is 4.05. The lowest BCUT2D eigenvalue weighted by Gasteiger charge is -2.20. The van der Waals surface area contributed by atoms with E-state index in [4.69, 9.17) is 9.72 Å². The van der Waals surface area contributed by atoms with Gasteiger partial charge in [-0.3, -0.25) is 4.79 Å². The van der Waals surface area contributed by atoms with E-state index in [0.717, 1.165) is 31.4 Å². The number of hydrogen-bond donors (Lipinski definition) is 2. The molecule has 10 heteroatoms. The molecule has 2 N–H and O–H groups in total. The third kappa shape index (κ3) is 5.61. The largest absolute Gasteiger partial charge is 0.449 e. The van der Waals surface area contributed by atoms with E-state index >= 15 is 0 Å². The van der Waals surface area contributed by atoms with Crippen molar-refractivity contribution in [2.45, 2.75) is 25.8 Å². The number of ether oxygens (including phenoxy) is 1. The van der Waals surface area contributed by atoms with Crippen LogP contribution in [-0.2, 0) is 9.53 Å². The van der Waals surface area contributed by atoms with Crippen molar-refractivity contribution in [3.63, 3.8) is 0 Å². The van der Waals surface area contributed by atoms with Gasteiger partial charge in [-0.05, 0) is 44.1 Å². The number of hydrogen-bond acceptors (Lipinski definition) is 7. The number of thiazole rings is 2. The van der Waals surface area contributed by atoms with E-state index in [9.17, 15) is 9.59 Å². The minimum absolute atomic E-state index is 0.0325. The summed E-state index contributed by atoms with van der Waals surface area (Å²) < 4.78 is 6.30. The highest BCUT2D eigenvalue weighted by molar-refractivity contribution is 9.10. The number of fused-ring (bicyclic) bond motifs is 3. The minimum atomic E-state index is -0.621. The minimum Gasteiger partial charge on any atom is -0.449 e. The number of rotatable bonds is 8. The van der Waals surface area contributed by atoms with E-state index in [1.807, 2.05) is 48.9 Å². The molecule has 0 spiro atoms. The Hall–Kier alpha value is -3.08. The van der Waals surface area contributed by atoms with Crippen LogP contribution in [0.4, 0.5) is 4.79 Å². The summed E-state index contributed by atoms with van der Waals surface area (Å²) in [5.41, 5.74) is 5.40. The Morgan fingerprint density at radius 3 is 2.30 bits per heavy atom. The maximum absolute atomic E-state index is 12.7. The molecule has 1 aliphatic carbocycles. The maximum Gasteiger partial charge on any atom is 0.407 e. The van der Waals surface area contributed by atoms with E-state index in [1.54, 1.807) is 0 Å². The monoisotopic (exact) mass is 596 g/mol.